The van der Waals surface area contributed by atoms with E-state index < -0.39 is 21.6 Å². The average Bonchev–Trinajstić information content (AvgIpc) is 3.37. The number of hydrogen-bond donors (Lipinski definition) is 2. The van der Waals surface area contributed by atoms with E-state index in [4.69, 9.17) is 8.83 Å². The van der Waals surface area contributed by atoms with Gasteiger partial charge < -0.3 is 8.83 Å². The molecule has 0 atom stereocenters. The average molecular weight is 434 g/mol. The van der Waals surface area contributed by atoms with Gasteiger partial charge in [-0.15, -0.1) is 0 Å². The lowest BCUT2D eigenvalue weighted by Crippen LogP contribution is -2.18. The summed E-state index contributed by atoms with van der Waals surface area (Å²) in [5.74, 6) is -1.28. The summed E-state index contributed by atoms with van der Waals surface area (Å²) in [6.07, 6.45) is 4.34. The van der Waals surface area contributed by atoms with E-state index in [0.29, 0.717) is 19.3 Å². The number of hydrazone groups is 2. The highest BCUT2D eigenvalue weighted by Crippen LogP contribution is 2.14. The summed E-state index contributed by atoms with van der Waals surface area (Å²) < 4.78 is 9.69. The van der Waals surface area contributed by atoms with Crippen molar-refractivity contribution in [2.24, 2.45) is 10.2 Å². The Bertz CT molecular complexity index is 914. The fourth-order valence-electron chi connectivity index (χ4n) is 2.21. The van der Waals surface area contributed by atoms with E-state index in [2.05, 4.69) is 21.1 Å². The van der Waals surface area contributed by atoms with Gasteiger partial charge in [0.05, 0.1) is 24.6 Å². The molecule has 2 heterocycles. The predicted molar refractivity (Wildman–Crippen MR) is 105 cm³/mol. The van der Waals surface area contributed by atoms with Crippen molar-refractivity contribution >= 4 is 36.0 Å². The van der Waals surface area contributed by atoms with Crippen molar-refractivity contribution in [3.63, 3.8) is 0 Å². The molecule has 2 aromatic heterocycles. The molecular formula is C17H18N6O8. The molecule has 0 unspecified atom stereocenters. The van der Waals surface area contributed by atoms with Gasteiger partial charge in [-0.2, -0.15) is 10.2 Å². The van der Waals surface area contributed by atoms with Crippen molar-refractivity contribution in [3.8, 4) is 0 Å². The smallest absolute Gasteiger partial charge is 0.400 e. The van der Waals surface area contributed by atoms with E-state index in [0.717, 1.165) is 12.4 Å². The fourth-order valence-corrected chi connectivity index (χ4v) is 2.21. The van der Waals surface area contributed by atoms with E-state index >= 15 is 0 Å². The Kier molecular flexibility index (Phi) is 8.57. The van der Waals surface area contributed by atoms with Crippen LogP contribution in [0.1, 0.15) is 43.6 Å². The Labute approximate surface area is 174 Å². The molecule has 0 aliphatic heterocycles. The third-order valence-electron chi connectivity index (χ3n) is 3.65. The lowest BCUT2D eigenvalue weighted by Gasteiger charge is -2.01. The molecule has 31 heavy (non-hydrogen) atoms. The molecule has 0 aromatic carbocycles. The first-order chi connectivity index (χ1) is 14.8. The molecule has 0 bridgehead atoms. The van der Waals surface area contributed by atoms with Gasteiger partial charge in [-0.1, -0.05) is 6.42 Å². The molecule has 0 spiro atoms. The third kappa shape index (κ3) is 8.26. The van der Waals surface area contributed by atoms with Crippen molar-refractivity contribution in [2.45, 2.75) is 32.1 Å². The largest absolute Gasteiger partial charge is 0.433 e. The second-order valence-electron chi connectivity index (χ2n) is 6.01. The summed E-state index contributed by atoms with van der Waals surface area (Å²) in [6.45, 7) is 0. The van der Waals surface area contributed by atoms with Gasteiger partial charge in [0.15, 0.2) is 11.5 Å². The summed E-state index contributed by atoms with van der Waals surface area (Å²) in [4.78, 5) is 42.9. The number of nitro groups is 2. The number of nitrogens with zero attached hydrogens (tertiary/aromatic N) is 4. The van der Waals surface area contributed by atoms with Crippen LogP contribution in [0, 0.1) is 20.2 Å². The minimum atomic E-state index is -0.685. The second kappa shape index (κ2) is 11.6. The number of amides is 2. The zero-order chi connectivity index (χ0) is 22.6. The van der Waals surface area contributed by atoms with Gasteiger partial charge in [0.25, 0.3) is 0 Å². The minimum Gasteiger partial charge on any atom is -0.400 e. The van der Waals surface area contributed by atoms with Gasteiger partial charge in [0.2, 0.25) is 11.8 Å². The van der Waals surface area contributed by atoms with Crippen LogP contribution >= 0.6 is 0 Å². The van der Waals surface area contributed by atoms with Crippen molar-refractivity contribution in [3.05, 3.63) is 56.0 Å². The number of hydrogen-bond acceptors (Lipinski definition) is 10. The SMILES string of the molecule is O=C(CCCCCC(=O)NN=Cc1ccc([N+](=O)[O-])o1)NN=Cc1ccc([N+](=O)[O-])o1. The van der Waals surface area contributed by atoms with Crippen LogP contribution in [0.2, 0.25) is 0 Å². The third-order valence-corrected chi connectivity index (χ3v) is 3.65. The number of carbonyl (C=O) groups is 2. The normalized spacial score (nSPS) is 11.1. The first kappa shape index (κ1) is 22.9. The molecule has 0 radical (unpaired) electrons. The molecule has 0 aliphatic rings. The molecule has 2 rings (SSSR count). The van der Waals surface area contributed by atoms with Gasteiger partial charge in [-0.3, -0.25) is 29.8 Å². The molecule has 0 saturated heterocycles. The molecular weight excluding hydrogens is 416 g/mol. The van der Waals surface area contributed by atoms with Crippen LogP contribution < -0.4 is 10.9 Å². The zero-order valence-corrected chi connectivity index (χ0v) is 16.1. The molecule has 2 aromatic rings. The van der Waals surface area contributed by atoms with Crippen LogP contribution in [0.25, 0.3) is 0 Å². The van der Waals surface area contributed by atoms with Gasteiger partial charge in [-0.05, 0) is 25.0 Å². The topological polar surface area (TPSA) is 195 Å². The van der Waals surface area contributed by atoms with Crippen molar-refractivity contribution in [1.82, 2.24) is 10.9 Å². The summed E-state index contributed by atoms with van der Waals surface area (Å²) in [5, 5.41) is 28.3. The summed E-state index contributed by atoms with van der Waals surface area (Å²) in [7, 11) is 0. The summed E-state index contributed by atoms with van der Waals surface area (Å²) in [6, 6.07) is 5.05. The molecule has 2 amide bonds. The number of unbranched alkanes of at least 4 members (excludes halogenated alkanes) is 2. The molecule has 0 fully saturated rings. The second-order valence-corrected chi connectivity index (χ2v) is 6.01. The standard InChI is InChI=1S/C17H18N6O8/c24-14(20-18-10-12-6-8-16(30-12)22(26)27)4-2-1-3-5-15(25)21-19-11-13-7-9-17(31-13)23(28)29/h6-11H,1-5H2,(H,20,24)(H,21,25). The van der Waals surface area contributed by atoms with Gasteiger partial charge in [0, 0.05) is 12.8 Å². The highest BCUT2D eigenvalue weighted by molar-refractivity contribution is 5.81. The van der Waals surface area contributed by atoms with Crippen LogP contribution in [0.5, 0.6) is 0 Å². The number of nitrogens with one attached hydrogen (secondary N) is 2. The van der Waals surface area contributed by atoms with E-state index in [1.807, 2.05) is 0 Å². The van der Waals surface area contributed by atoms with Gasteiger partial charge in [-0.25, -0.2) is 10.9 Å². The van der Waals surface area contributed by atoms with Gasteiger partial charge in [0.1, 0.15) is 9.85 Å². The first-order valence-corrected chi connectivity index (χ1v) is 8.97. The molecule has 0 aliphatic carbocycles. The lowest BCUT2D eigenvalue weighted by atomic mass is 10.1. The summed E-state index contributed by atoms with van der Waals surface area (Å²) in [5.41, 5.74) is 4.55. The highest BCUT2D eigenvalue weighted by atomic mass is 16.7. The maximum Gasteiger partial charge on any atom is 0.433 e. The maximum absolute atomic E-state index is 11.7. The molecule has 14 nitrogen and oxygen atoms in total. The fraction of sp³-hybridized carbons (Fsp3) is 0.294. The van der Waals surface area contributed by atoms with Crippen molar-refractivity contribution in [1.29, 1.82) is 0 Å². The number of furan rings is 2. The van der Waals surface area contributed by atoms with Crippen LogP contribution in [0.4, 0.5) is 11.8 Å². The monoisotopic (exact) mass is 434 g/mol. The van der Waals surface area contributed by atoms with E-state index in [1.165, 1.54) is 24.3 Å². The van der Waals surface area contributed by atoms with Crippen LogP contribution in [-0.2, 0) is 9.59 Å². The van der Waals surface area contributed by atoms with E-state index in [9.17, 15) is 29.8 Å². The molecule has 164 valence electrons. The Morgan fingerprint density at radius 3 is 1.58 bits per heavy atom. The maximum atomic E-state index is 11.7. The molecule has 14 heteroatoms. The number of carbonyl (C=O) groups excluding carboxylic acids is 2. The van der Waals surface area contributed by atoms with Gasteiger partial charge >= 0.3 is 11.8 Å². The first-order valence-electron chi connectivity index (χ1n) is 8.97. The Morgan fingerprint density at radius 1 is 0.806 bits per heavy atom. The van der Waals surface area contributed by atoms with Crippen molar-refractivity contribution < 1.29 is 28.3 Å². The highest BCUT2D eigenvalue weighted by Gasteiger charge is 2.11. The predicted octanol–water partition coefficient (Wildman–Crippen LogP) is 2.24. The summed E-state index contributed by atoms with van der Waals surface area (Å²) >= 11 is 0. The Morgan fingerprint density at radius 2 is 1.23 bits per heavy atom. The van der Waals surface area contributed by atoms with Crippen LogP contribution in [0.15, 0.2) is 43.3 Å². The van der Waals surface area contributed by atoms with E-state index in [-0.39, 0.29) is 36.2 Å². The van der Waals surface area contributed by atoms with Crippen molar-refractivity contribution in [2.75, 3.05) is 0 Å². The van der Waals surface area contributed by atoms with Crippen LogP contribution in [-0.4, -0.2) is 34.1 Å². The minimum absolute atomic E-state index is 0.131. The lowest BCUT2D eigenvalue weighted by molar-refractivity contribution is -0.402. The Balaban J connectivity index is 1.55. The quantitative estimate of drug-likeness (QED) is 0.219. The number of rotatable bonds is 12. The van der Waals surface area contributed by atoms with Crippen LogP contribution in [0.3, 0.4) is 0 Å². The Hall–Kier alpha value is -4.36. The van der Waals surface area contributed by atoms with E-state index in [1.54, 1.807) is 0 Å². The molecule has 0 saturated carbocycles. The molecule has 2 N–H and O–H groups in total. The zero-order valence-electron chi connectivity index (χ0n) is 16.1.